The fourth-order valence-electron chi connectivity index (χ4n) is 4.20. The molecule has 5 N–H and O–H groups in total. The molecule has 1 amide bonds. The van der Waals surface area contributed by atoms with Gasteiger partial charge in [0.15, 0.2) is 15.6 Å². The highest BCUT2D eigenvalue weighted by atomic mass is 32.3. The highest BCUT2D eigenvalue weighted by Crippen LogP contribution is 2.43. The van der Waals surface area contributed by atoms with Crippen molar-refractivity contribution in [2.75, 3.05) is 17.7 Å². The van der Waals surface area contributed by atoms with Crippen LogP contribution in [0.3, 0.4) is 0 Å². The van der Waals surface area contributed by atoms with E-state index in [0.29, 0.717) is 0 Å². The number of amides is 1. The molecule has 240 valence electrons. The Morgan fingerprint density at radius 3 is 2.04 bits per heavy atom. The fourth-order valence-corrected chi connectivity index (χ4v) is 7.21. The Morgan fingerprint density at radius 1 is 0.800 bits per heavy atom. The van der Waals surface area contributed by atoms with Crippen molar-refractivity contribution in [2.45, 2.75) is 21.6 Å². The molecule has 4 aromatic carbocycles. The molecular formula is C24H21N3O14S4. The summed E-state index contributed by atoms with van der Waals surface area (Å²) in [5.41, 5.74) is -1.20. The third kappa shape index (κ3) is 7.77. The Morgan fingerprint density at radius 2 is 1.44 bits per heavy atom. The molecule has 4 rings (SSSR count). The standard InChI is InChI=1S/C24H21N3O14S4/c1-13(28)25-16-4-2-15-11-21(43(32,33)34)22(23(29)19(15)12-16)27-26-20-7-3-14-10-17(5-6-18(14)24(20)44(35,36)37)42(30,31)9-8-41-45(38,39)40/h2-7,10-12,29H,8-9H2,1H3,(H,25,28)(H,32,33,34)(H,35,36,37)(H,38,39,40). The SMILES string of the molecule is CC(=O)Nc1ccc2cc(S(=O)(=O)O)c(N=Nc3ccc4cc(S(=O)(=O)CCOS(=O)(=O)O)ccc4c3S(=O)(=O)O)c(O)c2c1. The van der Waals surface area contributed by atoms with Gasteiger partial charge in [-0.05, 0) is 47.2 Å². The van der Waals surface area contributed by atoms with E-state index in [0.717, 1.165) is 30.3 Å². The maximum Gasteiger partial charge on any atom is 0.397 e. The molecule has 0 spiro atoms. The molecule has 0 heterocycles. The van der Waals surface area contributed by atoms with Crippen molar-refractivity contribution in [3.63, 3.8) is 0 Å². The Labute approximate surface area is 255 Å². The summed E-state index contributed by atoms with van der Waals surface area (Å²) in [5.74, 6) is -2.15. The van der Waals surface area contributed by atoms with Gasteiger partial charge in [-0.25, -0.2) is 12.6 Å². The number of fused-ring (bicyclic) bond motifs is 2. The molecule has 17 nitrogen and oxygen atoms in total. The first-order valence-electron chi connectivity index (χ1n) is 12.0. The van der Waals surface area contributed by atoms with E-state index < -0.39 is 90.6 Å². The number of nitrogens with zero attached hydrogens (tertiary/aromatic N) is 2. The molecule has 21 heteroatoms. The van der Waals surface area contributed by atoms with Crippen LogP contribution < -0.4 is 5.32 Å². The number of rotatable bonds is 10. The summed E-state index contributed by atoms with van der Waals surface area (Å²) in [4.78, 5) is 9.24. The van der Waals surface area contributed by atoms with Crippen LogP contribution in [0.1, 0.15) is 6.92 Å². The van der Waals surface area contributed by atoms with Crippen LogP contribution in [0.2, 0.25) is 0 Å². The molecule has 0 aliphatic heterocycles. The van der Waals surface area contributed by atoms with Crippen LogP contribution in [0.15, 0.2) is 79.5 Å². The quantitative estimate of drug-likeness (QED) is 0.117. The van der Waals surface area contributed by atoms with Crippen LogP contribution in [0.4, 0.5) is 17.1 Å². The zero-order valence-electron chi connectivity index (χ0n) is 22.5. The van der Waals surface area contributed by atoms with Gasteiger partial charge in [-0.2, -0.15) is 25.3 Å². The number of anilines is 1. The fraction of sp³-hybridized carbons (Fsp3) is 0.125. The van der Waals surface area contributed by atoms with E-state index in [1.54, 1.807) is 0 Å². The zero-order chi connectivity index (χ0) is 33.5. The van der Waals surface area contributed by atoms with Gasteiger partial charge in [0.2, 0.25) is 5.91 Å². The van der Waals surface area contributed by atoms with Crippen LogP contribution in [-0.2, 0) is 49.5 Å². The number of nitrogens with one attached hydrogen (secondary N) is 1. The van der Waals surface area contributed by atoms with E-state index >= 15 is 0 Å². The second-order valence-electron chi connectivity index (χ2n) is 9.20. The van der Waals surface area contributed by atoms with Gasteiger partial charge < -0.3 is 10.4 Å². The minimum atomic E-state index is -5.13. The van der Waals surface area contributed by atoms with Crippen molar-refractivity contribution < 1.29 is 61.4 Å². The molecule has 0 radical (unpaired) electrons. The molecule has 0 aromatic heterocycles. The monoisotopic (exact) mass is 703 g/mol. The van der Waals surface area contributed by atoms with Gasteiger partial charge in [0.25, 0.3) is 20.2 Å². The minimum Gasteiger partial charge on any atom is -0.505 e. The topological polar surface area (TPSA) is 281 Å². The van der Waals surface area contributed by atoms with Gasteiger partial charge in [0, 0.05) is 23.4 Å². The maximum atomic E-state index is 12.6. The molecule has 4 aromatic rings. The van der Waals surface area contributed by atoms with Crippen LogP contribution >= 0.6 is 0 Å². The van der Waals surface area contributed by atoms with Crippen molar-refractivity contribution in [2.24, 2.45) is 10.2 Å². The van der Waals surface area contributed by atoms with Crippen LogP contribution in [-0.4, -0.2) is 70.7 Å². The van der Waals surface area contributed by atoms with Gasteiger partial charge in [0.1, 0.15) is 21.2 Å². The van der Waals surface area contributed by atoms with Crippen molar-refractivity contribution >= 4 is 85.0 Å². The largest absolute Gasteiger partial charge is 0.505 e. The van der Waals surface area contributed by atoms with E-state index in [-0.39, 0.29) is 27.2 Å². The predicted octanol–water partition coefficient (Wildman–Crippen LogP) is 3.16. The van der Waals surface area contributed by atoms with Crippen molar-refractivity contribution in [1.82, 2.24) is 0 Å². The Balaban J connectivity index is 1.86. The maximum absolute atomic E-state index is 12.6. The van der Waals surface area contributed by atoms with Gasteiger partial charge in [-0.1, -0.05) is 18.2 Å². The summed E-state index contributed by atoms with van der Waals surface area (Å²) in [6.07, 6.45) is 0. The van der Waals surface area contributed by atoms with E-state index in [2.05, 4.69) is 19.7 Å². The summed E-state index contributed by atoms with van der Waals surface area (Å²) < 4.78 is 128. The normalized spacial score (nSPS) is 13.1. The minimum absolute atomic E-state index is 0.0353. The number of hydrogen-bond donors (Lipinski definition) is 5. The number of phenolic OH excluding ortho intramolecular Hbond substituents is 1. The second-order valence-corrected chi connectivity index (χ2v) is 15.2. The third-order valence-electron chi connectivity index (χ3n) is 6.03. The molecule has 0 unspecified atom stereocenters. The molecule has 0 saturated carbocycles. The summed E-state index contributed by atoms with van der Waals surface area (Å²) in [6, 6.07) is 10.1. The van der Waals surface area contributed by atoms with Crippen molar-refractivity contribution in [3.05, 3.63) is 54.6 Å². The van der Waals surface area contributed by atoms with E-state index in [9.17, 15) is 52.7 Å². The van der Waals surface area contributed by atoms with Gasteiger partial charge >= 0.3 is 10.4 Å². The molecule has 0 bridgehead atoms. The van der Waals surface area contributed by atoms with Crippen LogP contribution in [0.25, 0.3) is 21.5 Å². The van der Waals surface area contributed by atoms with Crippen LogP contribution in [0.5, 0.6) is 5.75 Å². The number of phenols is 1. The van der Waals surface area contributed by atoms with Crippen molar-refractivity contribution in [3.8, 4) is 5.75 Å². The summed E-state index contributed by atoms with van der Waals surface area (Å²) in [7, 11) is -19.3. The third-order valence-corrected chi connectivity index (χ3v) is 9.98. The predicted molar refractivity (Wildman–Crippen MR) is 157 cm³/mol. The first-order valence-corrected chi connectivity index (χ1v) is 17.9. The second kappa shape index (κ2) is 12.0. The highest BCUT2D eigenvalue weighted by Gasteiger charge is 2.25. The summed E-state index contributed by atoms with van der Waals surface area (Å²) >= 11 is 0. The zero-order valence-corrected chi connectivity index (χ0v) is 25.8. The Kier molecular flexibility index (Phi) is 9.02. The molecule has 0 aliphatic carbocycles. The number of carbonyl (C=O) groups is 1. The lowest BCUT2D eigenvalue weighted by Crippen LogP contribution is -2.15. The number of sulfone groups is 1. The van der Waals surface area contributed by atoms with Crippen LogP contribution in [0, 0.1) is 0 Å². The molecule has 0 saturated heterocycles. The molecule has 0 aliphatic rings. The molecular weight excluding hydrogens is 683 g/mol. The first kappa shape index (κ1) is 33.8. The number of benzene rings is 4. The average Bonchev–Trinajstić information content (AvgIpc) is 2.89. The van der Waals surface area contributed by atoms with Gasteiger partial charge in [0.05, 0.1) is 17.3 Å². The average molecular weight is 704 g/mol. The first-order chi connectivity index (χ1) is 20.7. The van der Waals surface area contributed by atoms with Crippen molar-refractivity contribution in [1.29, 1.82) is 0 Å². The number of aromatic hydroxyl groups is 1. The Hall–Kier alpha value is -4.09. The number of carbonyl (C=O) groups excluding carboxylic acids is 1. The van der Waals surface area contributed by atoms with Gasteiger partial charge in [-0.15, -0.1) is 10.2 Å². The number of hydrogen-bond acceptors (Lipinski definition) is 13. The molecule has 45 heavy (non-hydrogen) atoms. The smallest absolute Gasteiger partial charge is 0.397 e. The van der Waals surface area contributed by atoms with Gasteiger partial charge in [-0.3, -0.25) is 18.5 Å². The summed E-state index contributed by atoms with van der Waals surface area (Å²) in [6.45, 7) is 0.306. The van der Waals surface area contributed by atoms with E-state index in [1.165, 1.54) is 31.2 Å². The van der Waals surface area contributed by atoms with E-state index in [1.807, 2.05) is 0 Å². The summed E-state index contributed by atoms with van der Waals surface area (Å²) in [5, 5.41) is 20.5. The lowest BCUT2D eigenvalue weighted by Gasteiger charge is -2.11. The Bertz CT molecular complexity index is 2360. The lowest BCUT2D eigenvalue weighted by atomic mass is 10.1. The highest BCUT2D eigenvalue weighted by molar-refractivity contribution is 7.91. The van der Waals surface area contributed by atoms with E-state index in [4.69, 9.17) is 4.55 Å². The molecule has 0 atom stereocenters. The lowest BCUT2D eigenvalue weighted by molar-refractivity contribution is -0.114. The molecule has 0 fully saturated rings. The number of azo groups is 1.